The van der Waals surface area contributed by atoms with E-state index in [0.29, 0.717) is 36.0 Å². The first-order valence-electron chi connectivity index (χ1n) is 30.0. The molecular weight excluding hydrogens is 1130 g/mol. The second kappa shape index (κ2) is 28.6. The monoisotopic (exact) mass is 1200 g/mol. The lowest BCUT2D eigenvalue weighted by Gasteiger charge is -2.24. The smallest absolute Gasteiger partial charge is 0.311 e. The fourth-order valence-electron chi connectivity index (χ4n) is 12.4. The molecule has 6 N–H and O–H groups in total. The molecule has 0 amide bonds. The molecule has 3 aliphatic carbocycles. The Bertz CT molecular complexity index is 4380. The van der Waals surface area contributed by atoms with Crippen molar-refractivity contribution in [3.63, 3.8) is 0 Å². The molecule has 12 nitrogen and oxygen atoms in total. The van der Waals surface area contributed by atoms with Gasteiger partial charge in [0.15, 0.2) is 0 Å². The van der Waals surface area contributed by atoms with Gasteiger partial charge in [-0.3, -0.25) is 29.3 Å². The minimum absolute atomic E-state index is 0.107. The molecule has 3 aromatic heterocycles. The molecular formula is C73H72Cl2N6O6. The minimum Gasteiger partial charge on any atom is -0.311 e. The Labute approximate surface area is 515 Å². The highest BCUT2D eigenvalue weighted by atomic mass is 35.5. The van der Waals surface area contributed by atoms with Crippen molar-refractivity contribution in [1.82, 2.24) is 29.9 Å². The number of allylic oxidation sites excluding steroid dienone is 6. The third-order valence-electron chi connectivity index (χ3n) is 17.1. The molecule has 6 aromatic carbocycles. The first kappa shape index (κ1) is 61.3. The molecule has 0 saturated heterocycles. The standard InChI is InChI=1S/C25H25ClN2O2.C24H23ClN2O2.C24H24N2O2/c1-2-16-8-13-22(26)20(14-16)18-9-11-19(12-10-18)23-21(24(29)28-25(30)27-23)15-17-6-4-3-5-7-17;1-15-7-12-19(21(25)13-15)17-8-10-18(11-9-17)22-20(23(28)27-24(29)26-22)14-16-5-3-2-4-6-16;1-16-7-5-6-10-20(16)18-11-13-19(14-12-18)22-21(23(27)26-24(28)25-22)15-17-8-3-2-4-9-17/h3-9,13-14,19H,2,10-12,15H2,1H3,(H2,27,28,29,30);2-8,12-13,18H,9-11,14H2,1H3,(H2,26,27,28,29);2-11,19H,12-15H2,1H3,(H2,25,26,27,28). The van der Waals surface area contributed by atoms with E-state index in [-0.39, 0.29) is 34.4 Å². The number of halogens is 2. The van der Waals surface area contributed by atoms with Crippen molar-refractivity contribution >= 4 is 39.9 Å². The fourth-order valence-corrected chi connectivity index (χ4v) is 13.0. The van der Waals surface area contributed by atoms with Crippen LogP contribution in [0, 0.1) is 13.8 Å². The fraction of sp³-hybridized carbons (Fsp3) is 0.260. The Morgan fingerprint density at radius 1 is 0.391 bits per heavy atom. The maximum Gasteiger partial charge on any atom is 0.325 e. The van der Waals surface area contributed by atoms with Crippen LogP contribution in [0.3, 0.4) is 0 Å². The second-order valence-corrected chi connectivity index (χ2v) is 23.8. The summed E-state index contributed by atoms with van der Waals surface area (Å²) in [6, 6.07) is 50.4. The van der Waals surface area contributed by atoms with Gasteiger partial charge in [-0.1, -0.05) is 188 Å². The van der Waals surface area contributed by atoms with Crippen LogP contribution in [0.1, 0.15) is 166 Å². The minimum atomic E-state index is -0.446. The summed E-state index contributed by atoms with van der Waals surface area (Å²) >= 11 is 12.9. The van der Waals surface area contributed by atoms with Crippen molar-refractivity contribution in [2.75, 3.05) is 0 Å². The largest absolute Gasteiger partial charge is 0.325 e. The van der Waals surface area contributed by atoms with Crippen LogP contribution in [0.15, 0.2) is 199 Å². The lowest BCUT2D eigenvalue weighted by Crippen LogP contribution is -2.30. The zero-order valence-corrected chi connectivity index (χ0v) is 50.8. The number of rotatable bonds is 13. The van der Waals surface area contributed by atoms with E-state index in [9.17, 15) is 28.8 Å². The van der Waals surface area contributed by atoms with E-state index in [1.165, 1.54) is 33.4 Å². The van der Waals surface area contributed by atoms with Gasteiger partial charge in [-0.05, 0) is 157 Å². The molecule has 0 bridgehead atoms. The third kappa shape index (κ3) is 15.4. The quantitative estimate of drug-likeness (QED) is 0.0664. The lowest BCUT2D eigenvalue weighted by atomic mass is 9.82. The Balaban J connectivity index is 0.000000145. The summed E-state index contributed by atoms with van der Waals surface area (Å²) in [5.41, 5.74) is 16.2. The first-order chi connectivity index (χ1) is 42.2. The lowest BCUT2D eigenvalue weighted by molar-refractivity contribution is 0.596. The Morgan fingerprint density at radius 2 is 0.782 bits per heavy atom. The number of hydrogen-bond acceptors (Lipinski definition) is 6. The molecule has 3 aliphatic rings. The van der Waals surface area contributed by atoms with Crippen molar-refractivity contribution in [3.8, 4) is 0 Å². The zero-order chi connectivity index (χ0) is 61.0. The Kier molecular flexibility index (Phi) is 20.1. The molecule has 9 aromatic rings. The number of aryl methyl sites for hydroxylation is 3. The van der Waals surface area contributed by atoms with E-state index in [1.54, 1.807) is 0 Å². The summed E-state index contributed by atoms with van der Waals surface area (Å²) in [4.78, 5) is 89.6. The van der Waals surface area contributed by atoms with E-state index in [2.05, 4.69) is 111 Å². The average Bonchev–Trinajstić information content (AvgIpc) is 2.68. The van der Waals surface area contributed by atoms with Gasteiger partial charge < -0.3 is 15.0 Å². The van der Waals surface area contributed by atoms with Crippen LogP contribution < -0.4 is 33.7 Å². The van der Waals surface area contributed by atoms with Crippen LogP contribution in [0.5, 0.6) is 0 Å². The zero-order valence-electron chi connectivity index (χ0n) is 49.3. The topological polar surface area (TPSA) is 197 Å². The molecule has 0 saturated carbocycles. The molecule has 87 heavy (non-hydrogen) atoms. The van der Waals surface area contributed by atoms with E-state index in [1.807, 2.05) is 110 Å². The predicted molar refractivity (Wildman–Crippen MR) is 353 cm³/mol. The van der Waals surface area contributed by atoms with Crippen molar-refractivity contribution in [3.05, 3.63) is 326 Å². The predicted octanol–water partition coefficient (Wildman–Crippen LogP) is 14.5. The van der Waals surface area contributed by atoms with E-state index < -0.39 is 17.1 Å². The highest BCUT2D eigenvalue weighted by Gasteiger charge is 2.27. The number of H-pyrrole nitrogens is 6. The highest BCUT2D eigenvalue weighted by Crippen LogP contribution is 2.41. The summed E-state index contributed by atoms with van der Waals surface area (Å²) in [7, 11) is 0. The molecule has 0 spiro atoms. The number of aromatic amines is 6. The van der Waals surface area contributed by atoms with E-state index in [4.69, 9.17) is 23.2 Å². The summed E-state index contributed by atoms with van der Waals surface area (Å²) in [6.45, 7) is 6.29. The first-order valence-corrected chi connectivity index (χ1v) is 30.8. The van der Waals surface area contributed by atoms with Gasteiger partial charge >= 0.3 is 17.1 Å². The van der Waals surface area contributed by atoms with Crippen LogP contribution in [-0.4, -0.2) is 29.9 Å². The summed E-state index contributed by atoms with van der Waals surface area (Å²) < 4.78 is 0. The Morgan fingerprint density at radius 3 is 1.16 bits per heavy atom. The van der Waals surface area contributed by atoms with Gasteiger partial charge in [-0.15, -0.1) is 0 Å². The molecule has 0 radical (unpaired) electrons. The van der Waals surface area contributed by atoms with Crippen molar-refractivity contribution in [1.29, 1.82) is 0 Å². The number of nitrogens with one attached hydrogen (secondary N) is 6. The molecule has 0 fully saturated rings. The molecule has 0 aliphatic heterocycles. The summed E-state index contributed by atoms with van der Waals surface area (Å²) in [5.74, 6) is 0.369. The highest BCUT2D eigenvalue weighted by molar-refractivity contribution is 6.32. The van der Waals surface area contributed by atoms with Crippen LogP contribution in [0.4, 0.5) is 0 Å². The number of hydrogen-bond donors (Lipinski definition) is 6. The van der Waals surface area contributed by atoms with E-state index in [0.717, 1.165) is 125 Å². The van der Waals surface area contributed by atoms with Gasteiger partial charge in [0.25, 0.3) is 16.7 Å². The van der Waals surface area contributed by atoms with Gasteiger partial charge in [0, 0.05) is 80.8 Å². The van der Waals surface area contributed by atoms with Gasteiger partial charge in [0.2, 0.25) is 0 Å². The van der Waals surface area contributed by atoms with Gasteiger partial charge in [0.05, 0.1) is 0 Å². The third-order valence-corrected chi connectivity index (χ3v) is 17.7. The molecule has 444 valence electrons. The van der Waals surface area contributed by atoms with Crippen LogP contribution in [0.2, 0.25) is 10.0 Å². The SMILES string of the molecule is CCc1ccc(Cl)c(C2=CCC(c3[nH]c(=O)[nH]c(=O)c3Cc3ccccc3)CC2)c1.Cc1ccc(C2=CCC(c3[nH]c(=O)[nH]c(=O)c3Cc3ccccc3)CC2)c(Cl)c1.Cc1ccccc1C1=CCC(c2[nH]c(=O)[nH]c(=O)c2Cc2ccccc2)CC1. The van der Waals surface area contributed by atoms with Gasteiger partial charge in [-0.25, -0.2) is 14.4 Å². The summed E-state index contributed by atoms with van der Waals surface area (Å²) in [5, 5.41) is 1.54. The summed E-state index contributed by atoms with van der Waals surface area (Å²) in [6.07, 6.45) is 16.8. The maximum absolute atomic E-state index is 12.6. The van der Waals surface area contributed by atoms with Gasteiger partial charge in [0.1, 0.15) is 0 Å². The number of benzene rings is 6. The molecule has 3 atom stereocenters. The van der Waals surface area contributed by atoms with Crippen LogP contribution >= 0.6 is 23.2 Å². The maximum atomic E-state index is 12.6. The average molecular weight is 1200 g/mol. The van der Waals surface area contributed by atoms with Crippen molar-refractivity contribution in [2.24, 2.45) is 0 Å². The normalized spacial score (nSPS) is 16.5. The molecule has 3 heterocycles. The second-order valence-electron chi connectivity index (χ2n) is 23.0. The van der Waals surface area contributed by atoms with Gasteiger partial charge in [-0.2, -0.15) is 0 Å². The molecule has 12 rings (SSSR count). The van der Waals surface area contributed by atoms with Crippen molar-refractivity contribution < 1.29 is 0 Å². The molecule has 14 heteroatoms. The van der Waals surface area contributed by atoms with Crippen LogP contribution in [0.25, 0.3) is 16.7 Å². The Hall–Kier alpha value is -8.84. The van der Waals surface area contributed by atoms with Crippen molar-refractivity contribution in [2.45, 2.75) is 122 Å². The number of aromatic nitrogens is 6. The van der Waals surface area contributed by atoms with Crippen LogP contribution in [-0.2, 0) is 25.7 Å². The molecule has 3 unspecified atom stereocenters. The van der Waals surface area contributed by atoms with E-state index >= 15 is 0 Å².